The molecule has 0 aromatic carbocycles. The number of ketones is 1. The molecule has 0 spiro atoms. The molecule has 1 aliphatic heterocycles. The number of carbonyl (C=O) groups excluding carboxylic acids is 2. The molecule has 0 aromatic rings. The van der Waals surface area contributed by atoms with E-state index >= 15 is 0 Å². The summed E-state index contributed by atoms with van der Waals surface area (Å²) in [4.78, 5) is 22.7. The number of carbonyl (C=O) groups is 2. The molecule has 23 heavy (non-hydrogen) atoms. The molecule has 0 unspecified atom stereocenters. The summed E-state index contributed by atoms with van der Waals surface area (Å²) in [5.41, 5.74) is 0. The number of Topliss-reactive ketones (excluding diaryl/α,β-unsaturated/α-hetero) is 1. The van der Waals surface area contributed by atoms with Gasteiger partial charge >= 0.3 is 5.97 Å². The molecule has 0 aromatic heterocycles. The third-order valence-electron chi connectivity index (χ3n) is 2.59. The number of aliphatic hydroxyl groups excluding tert-OH is 3. The normalized spacial score (nSPS) is 22.2. The maximum Gasteiger partial charge on any atom is 0.338 e. The third kappa shape index (κ3) is 5.26. The predicted octanol–water partition coefficient (Wildman–Crippen LogP) is -0.185. The topological polar surface area (TPSA) is 104 Å². The first-order valence-electron chi connectivity index (χ1n) is 6.20. The summed E-state index contributed by atoms with van der Waals surface area (Å²) in [6, 6.07) is 0. The van der Waals surface area contributed by atoms with Crippen LogP contribution in [0.2, 0.25) is 0 Å². The van der Waals surface area contributed by atoms with Crippen LogP contribution in [0.4, 0.5) is 0 Å². The van der Waals surface area contributed by atoms with Gasteiger partial charge in [-0.25, -0.2) is 4.79 Å². The van der Waals surface area contributed by atoms with Crippen molar-refractivity contribution in [1.29, 1.82) is 0 Å². The highest BCUT2D eigenvalue weighted by Crippen LogP contribution is 2.19. The Hall–Kier alpha value is -3.18. The van der Waals surface area contributed by atoms with Crippen molar-refractivity contribution in [3.63, 3.8) is 0 Å². The molecule has 0 bridgehead atoms. The van der Waals surface area contributed by atoms with Gasteiger partial charge < -0.3 is 20.1 Å². The first-order valence-corrected chi connectivity index (χ1v) is 6.20. The number of aliphatic hydroxyl groups is 3. The largest absolute Gasteiger partial charge is 0.454 e. The zero-order valence-corrected chi connectivity index (χ0v) is 11.7. The number of esters is 1. The Morgan fingerprint density at radius 3 is 2.26 bits per heavy atom. The summed E-state index contributed by atoms with van der Waals surface area (Å²) in [5.74, 6) is 18.9. The van der Waals surface area contributed by atoms with Crippen LogP contribution in [0.3, 0.4) is 0 Å². The molecular formula is C17H28O6. The van der Waals surface area contributed by atoms with E-state index in [0.717, 1.165) is 0 Å². The van der Waals surface area contributed by atoms with Crippen molar-refractivity contribution in [3.05, 3.63) is 0 Å². The van der Waals surface area contributed by atoms with Gasteiger partial charge in [-0.05, 0) is 47.4 Å². The van der Waals surface area contributed by atoms with Crippen LogP contribution < -0.4 is 0 Å². The molecule has 4 atom stereocenters. The molecule has 6 heteroatoms. The molecule has 132 valence electrons. The highest BCUT2D eigenvalue weighted by atomic mass is 16.6. The summed E-state index contributed by atoms with van der Waals surface area (Å²) in [6.07, 6.45) is -2.26. The molecule has 1 saturated heterocycles. The highest BCUT2D eigenvalue weighted by Gasteiger charge is 2.47. The SMILES string of the molecule is C#CC#CC#CC#CC#CCC(=O)[C@H](O)[C@H]1OC(=O)[C@@H](O)[C@H]1O.[HH].[HH].[HH].[HH].[HH].[HH].[HH].[HH].[HH]. The van der Waals surface area contributed by atoms with Crippen LogP contribution in [0.5, 0.6) is 0 Å². The predicted molar refractivity (Wildman–Crippen MR) is 96.5 cm³/mol. The Bertz CT molecular complexity index is 800. The Morgan fingerprint density at radius 1 is 1.17 bits per heavy atom. The third-order valence-corrected chi connectivity index (χ3v) is 2.59. The van der Waals surface area contributed by atoms with Gasteiger partial charge in [-0.15, -0.1) is 6.42 Å². The molecule has 1 heterocycles. The van der Waals surface area contributed by atoms with Crippen molar-refractivity contribution in [2.24, 2.45) is 0 Å². The maximum atomic E-state index is 11.6. The minimum absolute atomic E-state index is 0. The van der Waals surface area contributed by atoms with Gasteiger partial charge in [-0.1, -0.05) is 5.92 Å². The Balaban J connectivity index is -0.0000000840. The quantitative estimate of drug-likeness (QED) is 0.490. The average Bonchev–Trinajstić information content (AvgIpc) is 2.80. The van der Waals surface area contributed by atoms with Gasteiger partial charge in [0.1, 0.15) is 6.10 Å². The van der Waals surface area contributed by atoms with Gasteiger partial charge in [0.15, 0.2) is 24.1 Å². The first kappa shape index (κ1) is 17.9. The van der Waals surface area contributed by atoms with Crippen LogP contribution in [0.15, 0.2) is 0 Å². The lowest BCUT2D eigenvalue weighted by Crippen LogP contribution is -2.42. The fourth-order valence-electron chi connectivity index (χ4n) is 1.50. The Labute approximate surface area is 146 Å². The standard InChI is InChI=1S/C17H10O6.9H2/c1-2-3-4-5-6-7-8-9-10-11-12(18)13(19)16-14(20)15(21)17(22)23-16;;;;;;;;;/h1,13-16,19-21H,11H2;9*1H/t13-,14+,15-,16+;;;;;;;;;/m0........./s1. The van der Waals surface area contributed by atoms with Gasteiger partial charge in [0.25, 0.3) is 0 Å². The van der Waals surface area contributed by atoms with Crippen molar-refractivity contribution < 1.29 is 42.5 Å². The number of terminal acetylenes is 1. The van der Waals surface area contributed by atoms with Crippen LogP contribution >= 0.6 is 0 Å². The summed E-state index contributed by atoms with van der Waals surface area (Å²) in [6.45, 7) is 0. The smallest absolute Gasteiger partial charge is 0.338 e. The lowest BCUT2D eigenvalue weighted by atomic mass is 10.0. The Morgan fingerprint density at radius 2 is 1.74 bits per heavy atom. The summed E-state index contributed by atoms with van der Waals surface area (Å²) >= 11 is 0. The lowest BCUT2D eigenvalue weighted by Gasteiger charge is -2.17. The van der Waals surface area contributed by atoms with Crippen molar-refractivity contribution >= 4 is 11.8 Å². The molecule has 1 fully saturated rings. The molecule has 0 radical (unpaired) electrons. The van der Waals surface area contributed by atoms with E-state index in [4.69, 9.17) is 6.42 Å². The van der Waals surface area contributed by atoms with Gasteiger partial charge in [0.05, 0.1) is 6.42 Å². The molecule has 1 aliphatic rings. The van der Waals surface area contributed by atoms with E-state index in [1.165, 1.54) is 0 Å². The number of ether oxygens (including phenoxy) is 1. The van der Waals surface area contributed by atoms with E-state index in [0.29, 0.717) is 0 Å². The number of rotatable bonds is 3. The van der Waals surface area contributed by atoms with Gasteiger partial charge in [0.2, 0.25) is 0 Å². The zero-order valence-electron chi connectivity index (χ0n) is 11.7. The van der Waals surface area contributed by atoms with E-state index < -0.39 is 36.2 Å². The lowest BCUT2D eigenvalue weighted by molar-refractivity contribution is -0.153. The monoisotopic (exact) mass is 328 g/mol. The van der Waals surface area contributed by atoms with Crippen LogP contribution in [-0.4, -0.2) is 51.5 Å². The average molecular weight is 328 g/mol. The second-order valence-electron chi connectivity index (χ2n) is 4.12. The molecule has 0 amide bonds. The second kappa shape index (κ2) is 8.96. The van der Waals surface area contributed by atoms with Gasteiger partial charge in [-0.3, -0.25) is 4.79 Å². The van der Waals surface area contributed by atoms with E-state index in [9.17, 15) is 24.9 Å². The summed E-state index contributed by atoms with van der Waals surface area (Å²) in [5, 5.41) is 28.4. The number of hydrogen-bond donors (Lipinski definition) is 3. The minimum atomic E-state index is -1.79. The summed E-state index contributed by atoms with van der Waals surface area (Å²) < 4.78 is 4.53. The molecule has 3 N–H and O–H groups in total. The molecular weight excluding hydrogens is 300 g/mol. The van der Waals surface area contributed by atoms with Crippen LogP contribution in [-0.2, 0) is 14.3 Å². The van der Waals surface area contributed by atoms with Crippen LogP contribution in [0, 0.1) is 59.7 Å². The van der Waals surface area contributed by atoms with Crippen molar-refractivity contribution in [2.75, 3.05) is 0 Å². The van der Waals surface area contributed by atoms with E-state index in [1.54, 1.807) is 0 Å². The number of cyclic esters (lactones) is 1. The zero-order chi connectivity index (χ0) is 17.2. The molecule has 0 aliphatic carbocycles. The minimum Gasteiger partial charge on any atom is -0.454 e. The van der Waals surface area contributed by atoms with Crippen LogP contribution in [0.25, 0.3) is 0 Å². The van der Waals surface area contributed by atoms with Gasteiger partial charge in [0, 0.05) is 12.8 Å². The molecule has 1 rings (SSSR count). The van der Waals surface area contributed by atoms with E-state index in [-0.39, 0.29) is 19.3 Å². The molecule has 0 saturated carbocycles. The first-order chi connectivity index (χ1) is 11.0. The fourth-order valence-corrected chi connectivity index (χ4v) is 1.50. The highest BCUT2D eigenvalue weighted by molar-refractivity contribution is 5.87. The second-order valence-corrected chi connectivity index (χ2v) is 4.12. The van der Waals surface area contributed by atoms with Crippen molar-refractivity contribution in [1.82, 2.24) is 0 Å². The van der Waals surface area contributed by atoms with Crippen molar-refractivity contribution in [3.8, 4) is 59.7 Å². The summed E-state index contributed by atoms with van der Waals surface area (Å²) in [7, 11) is 0. The van der Waals surface area contributed by atoms with Gasteiger partial charge in [-0.2, -0.15) is 0 Å². The van der Waals surface area contributed by atoms with Crippen LogP contribution in [0.1, 0.15) is 19.3 Å². The van der Waals surface area contributed by atoms with E-state index in [2.05, 4.69) is 58.0 Å². The number of hydrogen-bond acceptors (Lipinski definition) is 6. The maximum absolute atomic E-state index is 11.6. The van der Waals surface area contributed by atoms with E-state index in [1.807, 2.05) is 0 Å². The van der Waals surface area contributed by atoms with Crippen molar-refractivity contribution in [2.45, 2.75) is 30.8 Å². The fraction of sp³-hybridized carbons (Fsp3) is 0.294. The Kier molecular flexibility index (Phi) is 6.97. The molecule has 6 nitrogen and oxygen atoms in total.